The highest BCUT2D eigenvalue weighted by atomic mass is 16.6. The van der Waals surface area contributed by atoms with E-state index in [1.165, 1.54) is 18.4 Å². The summed E-state index contributed by atoms with van der Waals surface area (Å²) >= 11 is 0. The molecule has 2 aliphatic carbocycles. The van der Waals surface area contributed by atoms with Crippen molar-refractivity contribution in [3.8, 4) is 0 Å². The molecule has 106 valence electrons. The lowest BCUT2D eigenvalue weighted by Crippen LogP contribution is -2.44. The van der Waals surface area contributed by atoms with Crippen molar-refractivity contribution in [2.24, 2.45) is 23.2 Å². The topological polar surface area (TPSA) is 35.5 Å². The molecule has 5 atom stereocenters. The largest absolute Gasteiger partial charge is 0.462 e. The normalized spacial score (nSPS) is 45.6. The van der Waals surface area contributed by atoms with Gasteiger partial charge in [-0.15, -0.1) is 0 Å². The predicted molar refractivity (Wildman–Crippen MR) is 72.6 cm³/mol. The molecule has 0 N–H and O–H groups in total. The standard InChI is InChI=1S/C16H24O3/c1-10-5-4-6-16(2)8-14-11(7-13(10)16)12(9-18-3)15(17)19-14/h11-14H,1,4-9H2,2-3H3/t11-,12-,13+,14-,16-/m1/s1. The maximum atomic E-state index is 12.0. The van der Waals surface area contributed by atoms with Crippen molar-refractivity contribution in [1.29, 1.82) is 0 Å². The molecule has 2 saturated carbocycles. The van der Waals surface area contributed by atoms with Crippen LogP contribution in [0.2, 0.25) is 0 Å². The van der Waals surface area contributed by atoms with Gasteiger partial charge in [0.1, 0.15) is 6.10 Å². The second-order valence-electron chi connectivity index (χ2n) is 6.86. The van der Waals surface area contributed by atoms with E-state index in [9.17, 15) is 4.79 Å². The maximum Gasteiger partial charge on any atom is 0.311 e. The zero-order valence-electron chi connectivity index (χ0n) is 12.0. The maximum absolute atomic E-state index is 12.0. The van der Waals surface area contributed by atoms with E-state index in [4.69, 9.17) is 9.47 Å². The van der Waals surface area contributed by atoms with Gasteiger partial charge in [-0.1, -0.05) is 19.1 Å². The number of hydrogen-bond donors (Lipinski definition) is 0. The average molecular weight is 264 g/mol. The van der Waals surface area contributed by atoms with Crippen molar-refractivity contribution < 1.29 is 14.3 Å². The molecule has 0 amide bonds. The smallest absolute Gasteiger partial charge is 0.311 e. The summed E-state index contributed by atoms with van der Waals surface area (Å²) in [5.74, 6) is 0.788. The van der Waals surface area contributed by atoms with Gasteiger partial charge in [-0.3, -0.25) is 4.79 Å². The Morgan fingerprint density at radius 2 is 2.32 bits per heavy atom. The number of ether oxygens (including phenoxy) is 2. The fourth-order valence-electron chi connectivity index (χ4n) is 4.63. The highest BCUT2D eigenvalue weighted by molar-refractivity contribution is 5.75. The van der Waals surface area contributed by atoms with E-state index in [0.717, 1.165) is 19.3 Å². The molecule has 0 unspecified atom stereocenters. The van der Waals surface area contributed by atoms with E-state index >= 15 is 0 Å². The van der Waals surface area contributed by atoms with Gasteiger partial charge in [0.2, 0.25) is 0 Å². The number of carbonyl (C=O) groups is 1. The number of allylic oxidation sites excluding steroid dienone is 1. The number of esters is 1. The molecular formula is C16H24O3. The summed E-state index contributed by atoms with van der Waals surface area (Å²) in [5, 5.41) is 0. The Labute approximate surface area is 115 Å². The molecule has 0 bridgehead atoms. The molecule has 0 spiro atoms. The first-order chi connectivity index (χ1) is 9.05. The summed E-state index contributed by atoms with van der Waals surface area (Å²) in [6.45, 7) is 7.14. The van der Waals surface area contributed by atoms with Crippen molar-refractivity contribution in [3.05, 3.63) is 12.2 Å². The third kappa shape index (κ3) is 2.03. The van der Waals surface area contributed by atoms with E-state index in [1.54, 1.807) is 7.11 Å². The van der Waals surface area contributed by atoms with Crippen LogP contribution < -0.4 is 0 Å². The number of methoxy groups -OCH3 is 1. The van der Waals surface area contributed by atoms with Gasteiger partial charge in [0.25, 0.3) is 0 Å². The Bertz CT molecular complexity index is 403. The quantitative estimate of drug-likeness (QED) is 0.568. The summed E-state index contributed by atoms with van der Waals surface area (Å²) in [6.07, 6.45) is 5.80. The van der Waals surface area contributed by atoms with Crippen LogP contribution in [0.4, 0.5) is 0 Å². The Hall–Kier alpha value is -0.830. The molecule has 1 aliphatic heterocycles. The molecule has 19 heavy (non-hydrogen) atoms. The van der Waals surface area contributed by atoms with Gasteiger partial charge in [0, 0.05) is 13.0 Å². The molecule has 0 radical (unpaired) electrons. The number of rotatable bonds is 2. The number of fused-ring (bicyclic) bond motifs is 2. The lowest BCUT2D eigenvalue weighted by Gasteiger charge is -2.50. The molecule has 3 heteroatoms. The van der Waals surface area contributed by atoms with E-state index in [-0.39, 0.29) is 18.0 Å². The monoisotopic (exact) mass is 264 g/mol. The highest BCUT2D eigenvalue weighted by Crippen LogP contribution is 2.56. The Morgan fingerprint density at radius 3 is 3.05 bits per heavy atom. The van der Waals surface area contributed by atoms with Gasteiger partial charge < -0.3 is 9.47 Å². The van der Waals surface area contributed by atoms with Crippen LogP contribution >= 0.6 is 0 Å². The fourth-order valence-corrected chi connectivity index (χ4v) is 4.63. The Kier molecular flexibility index (Phi) is 3.20. The van der Waals surface area contributed by atoms with Crippen molar-refractivity contribution in [2.75, 3.05) is 13.7 Å². The minimum absolute atomic E-state index is 0.0512. The Balaban J connectivity index is 1.84. The third-order valence-electron chi connectivity index (χ3n) is 5.67. The van der Waals surface area contributed by atoms with Crippen LogP contribution in [0.5, 0.6) is 0 Å². The van der Waals surface area contributed by atoms with Gasteiger partial charge in [-0.05, 0) is 43.4 Å². The molecule has 0 aromatic carbocycles. The van der Waals surface area contributed by atoms with E-state index in [0.29, 0.717) is 23.9 Å². The van der Waals surface area contributed by atoms with Crippen LogP contribution in [0.3, 0.4) is 0 Å². The van der Waals surface area contributed by atoms with E-state index < -0.39 is 0 Å². The van der Waals surface area contributed by atoms with Gasteiger partial charge in [0.05, 0.1) is 12.5 Å². The first kappa shape index (κ1) is 13.2. The zero-order valence-corrected chi connectivity index (χ0v) is 12.0. The van der Waals surface area contributed by atoms with Crippen molar-refractivity contribution in [1.82, 2.24) is 0 Å². The van der Waals surface area contributed by atoms with Crippen LogP contribution in [0.25, 0.3) is 0 Å². The molecular weight excluding hydrogens is 240 g/mol. The highest BCUT2D eigenvalue weighted by Gasteiger charge is 2.54. The second kappa shape index (κ2) is 4.62. The predicted octanol–water partition coefficient (Wildman–Crippen LogP) is 2.95. The third-order valence-corrected chi connectivity index (χ3v) is 5.67. The van der Waals surface area contributed by atoms with Gasteiger partial charge >= 0.3 is 5.97 Å². The summed E-state index contributed by atoms with van der Waals surface area (Å²) in [6, 6.07) is 0. The summed E-state index contributed by atoms with van der Waals surface area (Å²) in [5.41, 5.74) is 1.68. The minimum atomic E-state index is -0.0609. The number of hydrogen-bond acceptors (Lipinski definition) is 3. The number of carbonyl (C=O) groups excluding carboxylic acids is 1. The van der Waals surface area contributed by atoms with Crippen molar-refractivity contribution in [3.63, 3.8) is 0 Å². The minimum Gasteiger partial charge on any atom is -0.462 e. The Morgan fingerprint density at radius 1 is 1.53 bits per heavy atom. The second-order valence-corrected chi connectivity index (χ2v) is 6.86. The molecule has 3 rings (SSSR count). The van der Waals surface area contributed by atoms with Gasteiger partial charge in [-0.25, -0.2) is 0 Å². The molecule has 0 aromatic heterocycles. The fraction of sp³-hybridized carbons (Fsp3) is 0.812. The molecule has 1 saturated heterocycles. The van der Waals surface area contributed by atoms with Gasteiger partial charge in [-0.2, -0.15) is 0 Å². The van der Waals surface area contributed by atoms with Crippen LogP contribution in [0.1, 0.15) is 39.0 Å². The SMILES string of the molecule is C=C1CCC[C@]2(C)C[C@H]3OC(=O)[C@H](COC)[C@H]3C[C@@H]12. The summed E-state index contributed by atoms with van der Waals surface area (Å²) < 4.78 is 10.8. The first-order valence-electron chi connectivity index (χ1n) is 7.42. The van der Waals surface area contributed by atoms with Crippen LogP contribution in [-0.4, -0.2) is 25.8 Å². The lowest BCUT2D eigenvalue weighted by molar-refractivity contribution is -0.146. The van der Waals surface area contributed by atoms with Crippen molar-refractivity contribution >= 4 is 5.97 Å². The summed E-state index contributed by atoms with van der Waals surface area (Å²) in [4.78, 5) is 12.0. The average Bonchev–Trinajstić information content (AvgIpc) is 2.63. The van der Waals surface area contributed by atoms with Gasteiger partial charge in [0.15, 0.2) is 0 Å². The summed E-state index contributed by atoms with van der Waals surface area (Å²) in [7, 11) is 1.66. The van der Waals surface area contributed by atoms with Crippen molar-refractivity contribution in [2.45, 2.75) is 45.1 Å². The molecule has 0 aromatic rings. The molecule has 3 nitrogen and oxygen atoms in total. The first-order valence-corrected chi connectivity index (χ1v) is 7.42. The van der Waals surface area contributed by atoms with E-state index in [1.807, 2.05) is 0 Å². The molecule has 1 heterocycles. The van der Waals surface area contributed by atoms with E-state index in [2.05, 4.69) is 13.5 Å². The van der Waals surface area contributed by atoms with Crippen LogP contribution in [0, 0.1) is 23.2 Å². The lowest BCUT2D eigenvalue weighted by atomic mass is 9.55. The zero-order chi connectivity index (χ0) is 13.6. The van der Waals surface area contributed by atoms with Crippen LogP contribution in [0.15, 0.2) is 12.2 Å². The van der Waals surface area contributed by atoms with Crippen LogP contribution in [-0.2, 0) is 14.3 Å². The molecule has 3 aliphatic rings. The molecule has 3 fully saturated rings.